The van der Waals surface area contributed by atoms with Crippen LogP contribution in [0.5, 0.6) is 0 Å². The average molecular weight is 275 g/mol. The van der Waals surface area contributed by atoms with Gasteiger partial charge in [0.1, 0.15) is 5.54 Å². The molecule has 1 atom stereocenters. The van der Waals surface area contributed by atoms with E-state index in [0.717, 1.165) is 11.1 Å². The van der Waals surface area contributed by atoms with Gasteiger partial charge in [0.15, 0.2) is 0 Å². The number of carbonyl (C=O) groups is 2. The molecule has 0 saturated carbocycles. The summed E-state index contributed by atoms with van der Waals surface area (Å²) in [5.41, 5.74) is 1.18. The van der Waals surface area contributed by atoms with E-state index in [4.69, 9.17) is 0 Å². The van der Waals surface area contributed by atoms with Crippen LogP contribution in [-0.4, -0.2) is 33.3 Å². The van der Waals surface area contributed by atoms with Crippen LogP contribution in [0.3, 0.4) is 0 Å². The van der Waals surface area contributed by atoms with E-state index in [9.17, 15) is 9.59 Å². The molecule has 5 nitrogen and oxygen atoms in total. The van der Waals surface area contributed by atoms with Crippen molar-refractivity contribution in [3.63, 3.8) is 0 Å². The second kappa shape index (κ2) is 5.23. The molecule has 1 N–H and O–H groups in total. The molecule has 0 radical (unpaired) electrons. The molecule has 2 rings (SSSR count). The summed E-state index contributed by atoms with van der Waals surface area (Å²) >= 11 is 0. The quantitative estimate of drug-likeness (QED) is 0.887. The minimum atomic E-state index is -0.862. The van der Waals surface area contributed by atoms with Gasteiger partial charge in [-0.15, -0.1) is 0 Å². The van der Waals surface area contributed by atoms with Gasteiger partial charge in [0.05, 0.1) is 0 Å². The van der Waals surface area contributed by atoms with E-state index in [1.54, 1.807) is 31.1 Å². The minimum Gasteiger partial charge on any atom is -0.342 e. The molecule has 0 spiro atoms. The highest BCUT2D eigenvalue weighted by atomic mass is 16.2. The van der Waals surface area contributed by atoms with Crippen molar-refractivity contribution in [1.29, 1.82) is 0 Å². The molecule has 1 unspecified atom stereocenters. The number of nitrogens with zero attached hydrogens (tertiary/aromatic N) is 2. The summed E-state index contributed by atoms with van der Waals surface area (Å²) in [6.45, 7) is 7.84. The third kappa shape index (κ3) is 2.98. The Bertz CT molecular complexity index is 540. The highest BCUT2D eigenvalue weighted by Crippen LogP contribution is 2.20. The molecule has 20 heavy (non-hydrogen) atoms. The number of hydrogen-bond acceptors (Lipinski definition) is 3. The standard InChI is InChI=1S/C15H21N3O2/c1-10-5-12(8-16-7-10)9-18-11(2)6-13(19)17-15(3,4)14(18)20/h5,7-8,11H,6,9H2,1-4H3,(H,17,19). The van der Waals surface area contributed by atoms with Crippen LogP contribution in [0.2, 0.25) is 0 Å². The lowest BCUT2D eigenvalue weighted by Gasteiger charge is -2.32. The Morgan fingerprint density at radius 1 is 1.40 bits per heavy atom. The summed E-state index contributed by atoms with van der Waals surface area (Å²) in [5, 5.41) is 2.78. The Labute approximate surface area is 119 Å². The van der Waals surface area contributed by atoms with Gasteiger partial charge < -0.3 is 10.2 Å². The molecule has 1 aliphatic rings. The summed E-state index contributed by atoms with van der Waals surface area (Å²) < 4.78 is 0. The maximum absolute atomic E-state index is 12.6. The molecule has 0 aliphatic carbocycles. The van der Waals surface area contributed by atoms with E-state index in [0.29, 0.717) is 13.0 Å². The molecular weight excluding hydrogens is 254 g/mol. The molecule has 2 amide bonds. The molecule has 1 saturated heterocycles. The Kier molecular flexibility index (Phi) is 3.79. The monoisotopic (exact) mass is 275 g/mol. The van der Waals surface area contributed by atoms with Gasteiger partial charge in [-0.3, -0.25) is 14.6 Å². The zero-order valence-electron chi connectivity index (χ0n) is 12.4. The Hall–Kier alpha value is -1.91. The van der Waals surface area contributed by atoms with Crippen molar-refractivity contribution in [2.75, 3.05) is 0 Å². The second-order valence-electron chi connectivity index (χ2n) is 6.03. The van der Waals surface area contributed by atoms with E-state index in [1.807, 2.05) is 19.9 Å². The molecule has 108 valence electrons. The Morgan fingerprint density at radius 2 is 2.10 bits per heavy atom. The van der Waals surface area contributed by atoms with Crippen LogP contribution in [0.4, 0.5) is 0 Å². The predicted octanol–water partition coefficient (Wildman–Crippen LogP) is 1.41. The number of pyridine rings is 1. The van der Waals surface area contributed by atoms with Gasteiger partial charge in [0.2, 0.25) is 11.8 Å². The van der Waals surface area contributed by atoms with E-state index >= 15 is 0 Å². The molecule has 1 aromatic heterocycles. The third-order valence-corrected chi connectivity index (χ3v) is 3.54. The van der Waals surface area contributed by atoms with Gasteiger partial charge in [-0.2, -0.15) is 0 Å². The molecule has 1 aromatic rings. The van der Waals surface area contributed by atoms with Crippen molar-refractivity contribution >= 4 is 11.8 Å². The zero-order valence-corrected chi connectivity index (χ0v) is 12.4. The van der Waals surface area contributed by atoms with E-state index in [2.05, 4.69) is 10.3 Å². The van der Waals surface area contributed by atoms with Crippen molar-refractivity contribution in [3.8, 4) is 0 Å². The lowest BCUT2D eigenvalue weighted by atomic mass is 10.0. The average Bonchev–Trinajstić information content (AvgIpc) is 2.39. The van der Waals surface area contributed by atoms with E-state index < -0.39 is 5.54 Å². The van der Waals surface area contributed by atoms with Gasteiger partial charge in [-0.05, 0) is 38.8 Å². The number of hydrogen-bond donors (Lipinski definition) is 1. The molecule has 2 heterocycles. The first-order valence-corrected chi connectivity index (χ1v) is 6.82. The molecule has 0 bridgehead atoms. The number of amides is 2. The molecule has 1 fully saturated rings. The molecule has 0 aromatic carbocycles. The number of rotatable bonds is 2. The highest BCUT2D eigenvalue weighted by molar-refractivity contribution is 5.93. The van der Waals surface area contributed by atoms with Crippen LogP contribution in [0.25, 0.3) is 0 Å². The van der Waals surface area contributed by atoms with Crippen LogP contribution in [-0.2, 0) is 16.1 Å². The SMILES string of the molecule is Cc1cncc(CN2C(=O)C(C)(C)NC(=O)CC2C)c1. The first kappa shape index (κ1) is 14.5. The van der Waals surface area contributed by atoms with Crippen LogP contribution >= 0.6 is 0 Å². The maximum Gasteiger partial charge on any atom is 0.248 e. The summed E-state index contributed by atoms with van der Waals surface area (Å²) in [5.74, 6) is -0.141. The fourth-order valence-corrected chi connectivity index (χ4v) is 2.52. The van der Waals surface area contributed by atoms with E-state index in [1.165, 1.54) is 0 Å². The first-order chi connectivity index (χ1) is 9.29. The van der Waals surface area contributed by atoms with Crippen LogP contribution < -0.4 is 5.32 Å². The van der Waals surface area contributed by atoms with Crippen LogP contribution in [0.15, 0.2) is 18.5 Å². The van der Waals surface area contributed by atoms with Crippen molar-refractivity contribution in [2.45, 2.75) is 52.2 Å². The lowest BCUT2D eigenvalue weighted by molar-refractivity contribution is -0.139. The highest BCUT2D eigenvalue weighted by Gasteiger charge is 2.39. The second-order valence-corrected chi connectivity index (χ2v) is 6.03. The van der Waals surface area contributed by atoms with Gasteiger partial charge in [-0.1, -0.05) is 6.07 Å². The first-order valence-electron chi connectivity index (χ1n) is 6.82. The lowest BCUT2D eigenvalue weighted by Crippen LogP contribution is -2.53. The smallest absolute Gasteiger partial charge is 0.248 e. The zero-order chi connectivity index (χ0) is 14.9. The third-order valence-electron chi connectivity index (χ3n) is 3.54. The summed E-state index contributed by atoms with van der Waals surface area (Å²) in [6.07, 6.45) is 3.88. The van der Waals surface area contributed by atoms with Gasteiger partial charge in [0, 0.05) is 31.4 Å². The number of aromatic nitrogens is 1. The van der Waals surface area contributed by atoms with Gasteiger partial charge in [-0.25, -0.2) is 0 Å². The predicted molar refractivity (Wildman–Crippen MR) is 75.8 cm³/mol. The number of carbonyl (C=O) groups excluding carboxylic acids is 2. The Balaban J connectivity index is 2.28. The molecular formula is C15H21N3O2. The van der Waals surface area contributed by atoms with Crippen LogP contribution in [0, 0.1) is 6.92 Å². The van der Waals surface area contributed by atoms with Crippen molar-refractivity contribution in [1.82, 2.24) is 15.2 Å². The largest absolute Gasteiger partial charge is 0.342 e. The van der Waals surface area contributed by atoms with Crippen molar-refractivity contribution in [2.24, 2.45) is 0 Å². The van der Waals surface area contributed by atoms with Crippen molar-refractivity contribution < 1.29 is 9.59 Å². The number of aryl methyl sites for hydroxylation is 1. The van der Waals surface area contributed by atoms with Gasteiger partial charge in [0.25, 0.3) is 0 Å². The van der Waals surface area contributed by atoms with E-state index in [-0.39, 0.29) is 17.9 Å². The summed E-state index contributed by atoms with van der Waals surface area (Å²) in [7, 11) is 0. The fourth-order valence-electron chi connectivity index (χ4n) is 2.52. The molecule has 5 heteroatoms. The summed E-state index contributed by atoms with van der Waals surface area (Å²) in [4.78, 5) is 30.3. The van der Waals surface area contributed by atoms with Crippen LogP contribution in [0.1, 0.15) is 38.3 Å². The fraction of sp³-hybridized carbons (Fsp3) is 0.533. The molecule has 1 aliphatic heterocycles. The summed E-state index contributed by atoms with van der Waals surface area (Å²) in [6, 6.07) is 1.89. The van der Waals surface area contributed by atoms with Gasteiger partial charge >= 0.3 is 0 Å². The topological polar surface area (TPSA) is 62.3 Å². The maximum atomic E-state index is 12.6. The normalized spacial score (nSPS) is 22.4. The van der Waals surface area contributed by atoms with Crippen molar-refractivity contribution in [3.05, 3.63) is 29.6 Å². The number of nitrogens with one attached hydrogen (secondary N) is 1. The Morgan fingerprint density at radius 3 is 2.75 bits per heavy atom. The minimum absolute atomic E-state index is 0.0580.